The van der Waals surface area contributed by atoms with E-state index in [1.54, 1.807) is 6.26 Å². The second kappa shape index (κ2) is 9.22. The zero-order valence-electron chi connectivity index (χ0n) is 15.6. The van der Waals surface area contributed by atoms with Crippen molar-refractivity contribution in [3.8, 4) is 0 Å². The number of nitrogens with zero attached hydrogens (tertiary/aromatic N) is 3. The quantitative estimate of drug-likeness (QED) is 0.612. The highest BCUT2D eigenvalue weighted by atomic mass is 16.5. The molecule has 6 heteroatoms. The number of aliphatic imine (C=N–C) groups is 1. The van der Waals surface area contributed by atoms with E-state index in [0.29, 0.717) is 12.1 Å². The predicted molar refractivity (Wildman–Crippen MR) is 101 cm³/mol. The largest absolute Gasteiger partial charge is 0.364 e. The molecule has 1 aliphatic heterocycles. The van der Waals surface area contributed by atoms with Crippen LogP contribution in [0.5, 0.6) is 0 Å². The van der Waals surface area contributed by atoms with Crippen molar-refractivity contribution in [3.63, 3.8) is 0 Å². The van der Waals surface area contributed by atoms with Crippen LogP contribution in [0.1, 0.15) is 64.0 Å². The second-order valence-corrected chi connectivity index (χ2v) is 7.37. The van der Waals surface area contributed by atoms with Crippen molar-refractivity contribution in [3.05, 3.63) is 18.0 Å². The molecule has 1 saturated heterocycles. The molecule has 1 aromatic heterocycles. The highest BCUT2D eigenvalue weighted by Gasteiger charge is 2.38. The molecule has 1 saturated carbocycles. The van der Waals surface area contributed by atoms with Gasteiger partial charge in [-0.3, -0.25) is 4.90 Å². The van der Waals surface area contributed by atoms with Gasteiger partial charge in [-0.1, -0.05) is 30.8 Å². The van der Waals surface area contributed by atoms with Crippen molar-refractivity contribution < 1.29 is 4.52 Å². The van der Waals surface area contributed by atoms with Crippen molar-refractivity contribution in [2.75, 3.05) is 26.2 Å². The van der Waals surface area contributed by atoms with E-state index in [1.165, 1.54) is 64.5 Å². The van der Waals surface area contributed by atoms with Crippen molar-refractivity contribution in [1.29, 1.82) is 0 Å². The average Bonchev–Trinajstić information content (AvgIpc) is 3.19. The summed E-state index contributed by atoms with van der Waals surface area (Å²) in [6.07, 6.45) is 12.4. The Balaban J connectivity index is 1.63. The van der Waals surface area contributed by atoms with E-state index >= 15 is 0 Å². The molecule has 0 radical (unpaired) electrons. The number of hydrogen-bond donors (Lipinski definition) is 2. The molecule has 0 amide bonds. The maximum absolute atomic E-state index is 4.89. The van der Waals surface area contributed by atoms with Gasteiger partial charge >= 0.3 is 0 Å². The third kappa shape index (κ3) is 4.97. The van der Waals surface area contributed by atoms with Crippen LogP contribution in [-0.4, -0.2) is 47.7 Å². The van der Waals surface area contributed by atoms with Gasteiger partial charge in [-0.25, -0.2) is 4.99 Å². The normalized spacial score (nSPS) is 21.9. The van der Waals surface area contributed by atoms with E-state index < -0.39 is 0 Å². The average molecular weight is 348 g/mol. The fraction of sp³-hybridized carbons (Fsp3) is 0.789. The molecule has 2 N–H and O–H groups in total. The maximum atomic E-state index is 4.89. The van der Waals surface area contributed by atoms with Gasteiger partial charge in [0.05, 0.1) is 6.54 Å². The van der Waals surface area contributed by atoms with Gasteiger partial charge in [0.15, 0.2) is 5.96 Å². The molecular weight excluding hydrogens is 314 g/mol. The van der Waals surface area contributed by atoms with Crippen LogP contribution < -0.4 is 10.6 Å². The summed E-state index contributed by atoms with van der Waals surface area (Å²) in [5.74, 6) is 0.882. The second-order valence-electron chi connectivity index (χ2n) is 7.37. The summed E-state index contributed by atoms with van der Waals surface area (Å²) in [5.41, 5.74) is 1.17. The highest BCUT2D eigenvalue weighted by Crippen LogP contribution is 2.35. The number of guanidine groups is 1. The summed E-state index contributed by atoms with van der Waals surface area (Å²) >= 11 is 0. The summed E-state index contributed by atoms with van der Waals surface area (Å²) in [6.45, 7) is 7.01. The number of hydrogen-bond acceptors (Lipinski definition) is 4. The van der Waals surface area contributed by atoms with E-state index in [0.717, 1.165) is 24.7 Å². The number of nitrogens with one attached hydrogen (secondary N) is 2. The molecule has 0 unspecified atom stereocenters. The van der Waals surface area contributed by atoms with Gasteiger partial charge in [0.1, 0.15) is 12.0 Å². The molecule has 3 rings (SSSR count). The van der Waals surface area contributed by atoms with Crippen molar-refractivity contribution in [2.45, 2.75) is 70.4 Å². The van der Waals surface area contributed by atoms with Gasteiger partial charge in [0.2, 0.25) is 0 Å². The molecule has 1 aliphatic carbocycles. The van der Waals surface area contributed by atoms with E-state index in [1.807, 2.05) is 6.07 Å². The fourth-order valence-electron chi connectivity index (χ4n) is 4.25. The van der Waals surface area contributed by atoms with Crippen molar-refractivity contribution >= 4 is 5.96 Å². The zero-order valence-corrected chi connectivity index (χ0v) is 15.6. The fourth-order valence-corrected chi connectivity index (χ4v) is 4.25. The van der Waals surface area contributed by atoms with Gasteiger partial charge in [-0.05, 0) is 45.7 Å². The van der Waals surface area contributed by atoms with Crippen molar-refractivity contribution in [1.82, 2.24) is 20.7 Å². The molecule has 0 atom stereocenters. The Morgan fingerprint density at radius 2 is 1.92 bits per heavy atom. The molecule has 0 spiro atoms. The zero-order chi connectivity index (χ0) is 17.4. The topological polar surface area (TPSA) is 65.7 Å². The first-order valence-electron chi connectivity index (χ1n) is 9.99. The van der Waals surface area contributed by atoms with Crippen LogP contribution in [0.2, 0.25) is 0 Å². The van der Waals surface area contributed by atoms with Gasteiger partial charge in [0, 0.05) is 24.7 Å². The third-order valence-electron chi connectivity index (χ3n) is 5.63. The SMILES string of the molecule is CCNC(=NCc1ccon1)NCC1(N2CCCCC2)CCCCC1. The molecule has 6 nitrogen and oxygen atoms in total. The van der Waals surface area contributed by atoms with Crippen molar-refractivity contribution in [2.24, 2.45) is 4.99 Å². The summed E-state index contributed by atoms with van der Waals surface area (Å²) < 4.78 is 4.89. The Bertz CT molecular complexity index is 516. The molecule has 25 heavy (non-hydrogen) atoms. The first kappa shape index (κ1) is 18.2. The summed E-state index contributed by atoms with van der Waals surface area (Å²) in [5, 5.41) is 10.9. The molecule has 1 aromatic rings. The molecular formula is C19H33N5O. The molecule has 2 fully saturated rings. The van der Waals surface area contributed by atoms with Crippen LogP contribution in [0.15, 0.2) is 21.8 Å². The molecule has 2 aliphatic rings. The molecule has 0 bridgehead atoms. The lowest BCUT2D eigenvalue weighted by Crippen LogP contribution is -2.59. The van der Waals surface area contributed by atoms with Crippen LogP contribution in [0.25, 0.3) is 0 Å². The third-order valence-corrected chi connectivity index (χ3v) is 5.63. The Kier molecular flexibility index (Phi) is 6.73. The monoisotopic (exact) mass is 347 g/mol. The van der Waals surface area contributed by atoms with E-state index in [2.05, 4.69) is 32.6 Å². The number of rotatable bonds is 6. The van der Waals surface area contributed by atoms with E-state index in [9.17, 15) is 0 Å². The Hall–Kier alpha value is -1.56. The smallest absolute Gasteiger partial charge is 0.191 e. The van der Waals surface area contributed by atoms with Crippen LogP contribution in [0, 0.1) is 0 Å². The number of piperidine rings is 1. The lowest BCUT2D eigenvalue weighted by Gasteiger charge is -2.48. The van der Waals surface area contributed by atoms with Gasteiger partial charge in [-0.2, -0.15) is 0 Å². The minimum Gasteiger partial charge on any atom is -0.364 e. The maximum Gasteiger partial charge on any atom is 0.191 e. The van der Waals surface area contributed by atoms with Gasteiger partial charge in [0.25, 0.3) is 0 Å². The molecule has 0 aromatic carbocycles. The standard InChI is InChI=1S/C19H33N5O/c1-2-20-18(21-15-17-9-14-25-23-17)22-16-19(10-5-3-6-11-19)24-12-7-4-8-13-24/h9,14H,2-8,10-13,15-16H2,1H3,(H2,20,21,22). The van der Waals surface area contributed by atoms with Gasteiger partial charge < -0.3 is 15.2 Å². The Morgan fingerprint density at radius 1 is 1.16 bits per heavy atom. The molecule has 140 valence electrons. The minimum absolute atomic E-state index is 0.308. The minimum atomic E-state index is 0.308. The predicted octanol–water partition coefficient (Wildman–Crippen LogP) is 2.92. The number of likely N-dealkylation sites (tertiary alicyclic amines) is 1. The van der Waals surface area contributed by atoms with Crippen LogP contribution in [0.4, 0.5) is 0 Å². The Morgan fingerprint density at radius 3 is 2.60 bits per heavy atom. The van der Waals surface area contributed by atoms with E-state index in [-0.39, 0.29) is 0 Å². The van der Waals surface area contributed by atoms with E-state index in [4.69, 9.17) is 4.52 Å². The first-order chi connectivity index (χ1) is 12.3. The highest BCUT2D eigenvalue weighted by molar-refractivity contribution is 5.79. The summed E-state index contributed by atoms with van der Waals surface area (Å²) in [6, 6.07) is 1.86. The van der Waals surface area contributed by atoms with Crippen LogP contribution in [0.3, 0.4) is 0 Å². The molecule has 2 heterocycles. The first-order valence-corrected chi connectivity index (χ1v) is 9.99. The summed E-state index contributed by atoms with van der Waals surface area (Å²) in [7, 11) is 0. The number of aromatic nitrogens is 1. The van der Waals surface area contributed by atoms with Gasteiger partial charge in [-0.15, -0.1) is 0 Å². The Labute approximate surface area is 151 Å². The summed E-state index contributed by atoms with van der Waals surface area (Å²) in [4.78, 5) is 7.44. The lowest BCUT2D eigenvalue weighted by atomic mass is 9.79. The lowest BCUT2D eigenvalue weighted by molar-refractivity contribution is 0.0368. The van der Waals surface area contributed by atoms with Crippen LogP contribution in [-0.2, 0) is 6.54 Å². The van der Waals surface area contributed by atoms with Crippen LogP contribution >= 0.6 is 0 Å².